The third-order valence-corrected chi connectivity index (χ3v) is 12.9. The van der Waals surface area contributed by atoms with E-state index in [1.54, 1.807) is 49.1 Å². The van der Waals surface area contributed by atoms with Crippen LogP contribution in [0.2, 0.25) is 0 Å². The summed E-state index contributed by atoms with van der Waals surface area (Å²) in [5.74, 6) is 0.823. The molecule has 6 nitrogen and oxygen atoms in total. The lowest BCUT2D eigenvalue weighted by Gasteiger charge is -2.27. The number of nitrogens with zero attached hydrogens (tertiary/aromatic N) is 6. The summed E-state index contributed by atoms with van der Waals surface area (Å²) in [6, 6.07) is 71.0. The Balaban J connectivity index is 0.948. The first-order valence-corrected chi connectivity index (χ1v) is 22.7. The largest absolute Gasteiger partial charge is 0.296 e. The molecule has 6 aromatic carbocycles. The summed E-state index contributed by atoms with van der Waals surface area (Å²) >= 11 is 1.35. The molecule has 0 bridgehead atoms. The maximum Gasteiger partial charge on any atom is 0.133 e. The molecular formula is C58H40F2N6S. The van der Waals surface area contributed by atoms with Crippen molar-refractivity contribution in [2.24, 2.45) is 0 Å². The van der Waals surface area contributed by atoms with Crippen LogP contribution in [0.4, 0.5) is 43.2 Å². The fourth-order valence-electron chi connectivity index (χ4n) is 8.68. The number of aromatic nitrogens is 4. The number of rotatable bonds is 12. The predicted octanol–water partition coefficient (Wildman–Crippen LogP) is 16.0. The van der Waals surface area contributed by atoms with Gasteiger partial charge < -0.3 is 0 Å². The second-order valence-corrected chi connectivity index (χ2v) is 16.9. The molecule has 11 rings (SSSR count). The van der Waals surface area contributed by atoms with E-state index in [-0.39, 0.29) is 0 Å². The summed E-state index contributed by atoms with van der Waals surface area (Å²) < 4.78 is 37.8. The molecule has 0 amide bonds. The number of pyridine rings is 2. The molecule has 5 heterocycles. The molecule has 0 unspecified atom stereocenters. The van der Waals surface area contributed by atoms with Crippen LogP contribution < -0.4 is 9.80 Å². The molecule has 0 radical (unpaired) electrons. The summed E-state index contributed by atoms with van der Waals surface area (Å²) in [5.41, 5.74) is 9.62. The van der Waals surface area contributed by atoms with Crippen LogP contribution in [0.1, 0.15) is 0 Å². The zero-order valence-electron chi connectivity index (χ0n) is 35.9. The highest BCUT2D eigenvalue weighted by molar-refractivity contribution is 7.18. The van der Waals surface area contributed by atoms with Crippen molar-refractivity contribution in [3.63, 3.8) is 0 Å². The van der Waals surface area contributed by atoms with Gasteiger partial charge in [0, 0.05) is 44.6 Å². The highest BCUT2D eigenvalue weighted by Gasteiger charge is 2.25. The monoisotopic (exact) mass is 890 g/mol. The van der Waals surface area contributed by atoms with Crippen molar-refractivity contribution >= 4 is 45.7 Å². The van der Waals surface area contributed by atoms with Gasteiger partial charge in [-0.1, -0.05) is 97.1 Å². The van der Waals surface area contributed by atoms with E-state index in [9.17, 15) is 0 Å². The highest BCUT2D eigenvalue weighted by Crippen LogP contribution is 2.45. The fourth-order valence-corrected chi connectivity index (χ4v) is 9.74. The van der Waals surface area contributed by atoms with Gasteiger partial charge >= 0.3 is 0 Å². The van der Waals surface area contributed by atoms with E-state index in [2.05, 4.69) is 91.9 Å². The Bertz CT molecular complexity index is 3200. The van der Waals surface area contributed by atoms with Gasteiger partial charge in [-0.2, -0.15) is 0 Å². The molecule has 0 aliphatic carbocycles. The molecule has 5 aromatic heterocycles. The van der Waals surface area contributed by atoms with Gasteiger partial charge in [-0.25, -0.2) is 8.78 Å². The minimum absolute atomic E-state index is 0.403. The number of para-hydroxylation sites is 2. The maximum atomic E-state index is 16.7. The highest BCUT2D eigenvalue weighted by atomic mass is 32.1. The Hall–Kier alpha value is -8.66. The van der Waals surface area contributed by atoms with Gasteiger partial charge in [-0.15, -0.1) is 11.3 Å². The molecule has 0 aliphatic rings. The molecule has 0 fully saturated rings. The Morgan fingerprint density at radius 1 is 0.373 bits per heavy atom. The van der Waals surface area contributed by atoms with Gasteiger partial charge in [-0.3, -0.25) is 28.9 Å². The van der Waals surface area contributed by atoms with Gasteiger partial charge in [0.15, 0.2) is 0 Å². The van der Waals surface area contributed by atoms with Gasteiger partial charge in [0.1, 0.15) is 23.3 Å². The Morgan fingerprint density at radius 3 is 1.15 bits per heavy atom. The van der Waals surface area contributed by atoms with Crippen molar-refractivity contribution in [1.82, 2.24) is 19.1 Å². The van der Waals surface area contributed by atoms with E-state index in [0.29, 0.717) is 32.3 Å². The first-order valence-electron chi connectivity index (χ1n) is 21.8. The normalized spacial score (nSPS) is 11.1. The van der Waals surface area contributed by atoms with Gasteiger partial charge in [-0.05, 0) is 132 Å². The van der Waals surface area contributed by atoms with E-state index in [0.717, 1.165) is 56.9 Å². The van der Waals surface area contributed by atoms with Crippen LogP contribution in [0.15, 0.2) is 243 Å². The quantitative estimate of drug-likeness (QED) is 0.123. The summed E-state index contributed by atoms with van der Waals surface area (Å²) in [4.78, 5) is 14.3. The van der Waals surface area contributed by atoms with E-state index in [1.165, 1.54) is 11.3 Å². The van der Waals surface area contributed by atoms with Crippen molar-refractivity contribution in [2.45, 2.75) is 0 Å². The summed E-state index contributed by atoms with van der Waals surface area (Å²) in [6.45, 7) is 0. The zero-order chi connectivity index (χ0) is 45.1. The third-order valence-electron chi connectivity index (χ3n) is 11.7. The number of thiophene rings is 1. The van der Waals surface area contributed by atoms with Crippen molar-refractivity contribution in [2.75, 3.05) is 9.80 Å². The minimum Gasteiger partial charge on any atom is -0.296 e. The number of hydrogen-bond acceptors (Lipinski definition) is 5. The summed E-state index contributed by atoms with van der Waals surface area (Å²) in [7, 11) is 0. The van der Waals surface area contributed by atoms with E-state index in [1.807, 2.05) is 131 Å². The lowest BCUT2D eigenvalue weighted by Crippen LogP contribution is -2.15. The fraction of sp³-hybridized carbons (Fsp3) is 0. The average molecular weight is 891 g/mol. The molecule has 0 saturated carbocycles. The van der Waals surface area contributed by atoms with Gasteiger partial charge in [0.2, 0.25) is 0 Å². The van der Waals surface area contributed by atoms with Crippen LogP contribution in [-0.2, 0) is 0 Å². The van der Waals surface area contributed by atoms with Crippen LogP contribution >= 0.6 is 11.3 Å². The number of hydrogen-bond donors (Lipinski definition) is 0. The molecular weight excluding hydrogens is 851 g/mol. The van der Waals surface area contributed by atoms with Crippen molar-refractivity contribution in [3.05, 3.63) is 255 Å². The Kier molecular flexibility index (Phi) is 11.1. The molecule has 9 heteroatoms. The molecule has 0 aliphatic heterocycles. The van der Waals surface area contributed by atoms with Crippen LogP contribution in [0, 0.1) is 11.6 Å². The van der Waals surface area contributed by atoms with E-state index >= 15 is 8.78 Å². The first-order chi connectivity index (χ1) is 33.1. The number of halogens is 2. The minimum atomic E-state index is -0.403. The summed E-state index contributed by atoms with van der Waals surface area (Å²) in [6.07, 6.45) is 7.01. The lowest BCUT2D eigenvalue weighted by molar-refractivity contribution is 0.631. The SMILES string of the molecule is Fc1cc(N(c2cccnc2)c2ccc(-c3ccccc3)n2-c2ccccc2)ccc1-c1ccc(-c2ccc(N(c3cccnc3)c3ccc(-c4ccccc4)n3-c3ccccc3)cc2F)s1. The second kappa shape index (κ2) is 18.1. The first kappa shape index (κ1) is 41.1. The molecule has 0 N–H and O–H groups in total. The number of benzene rings is 6. The van der Waals surface area contributed by atoms with Crippen LogP contribution in [0.3, 0.4) is 0 Å². The smallest absolute Gasteiger partial charge is 0.133 e. The van der Waals surface area contributed by atoms with Crippen LogP contribution in [0.5, 0.6) is 0 Å². The lowest BCUT2D eigenvalue weighted by atomic mass is 10.1. The predicted molar refractivity (Wildman–Crippen MR) is 270 cm³/mol. The maximum absolute atomic E-state index is 16.7. The topological polar surface area (TPSA) is 42.1 Å². The summed E-state index contributed by atoms with van der Waals surface area (Å²) in [5, 5.41) is 0. The Labute approximate surface area is 391 Å². The molecule has 322 valence electrons. The van der Waals surface area contributed by atoms with Gasteiger partial charge in [0.05, 0.1) is 46.5 Å². The standard InChI is InChI=1S/C58H40F2N6S/c59-51-37-45(63(47-23-13-35-61-39-47)57-33-29-53(41-15-5-1-6-16-41)65(57)43-19-9-3-10-20-43)25-27-49(51)55-31-32-56(67-55)50-28-26-46(38-52(50)60)64(48-24-14-36-62-40-48)58-34-30-54(42-17-7-2-8-18-42)66(58)44-21-11-4-12-22-44/h1-40H. The molecule has 11 aromatic rings. The molecule has 0 atom stereocenters. The average Bonchev–Trinajstić information content (AvgIpc) is 4.16. The van der Waals surface area contributed by atoms with Crippen molar-refractivity contribution < 1.29 is 8.78 Å². The van der Waals surface area contributed by atoms with Crippen molar-refractivity contribution in [3.8, 4) is 54.8 Å². The van der Waals surface area contributed by atoms with E-state index < -0.39 is 11.6 Å². The van der Waals surface area contributed by atoms with Gasteiger partial charge in [0.25, 0.3) is 0 Å². The molecule has 0 saturated heterocycles. The Morgan fingerprint density at radius 2 is 0.776 bits per heavy atom. The third kappa shape index (κ3) is 7.98. The molecule has 67 heavy (non-hydrogen) atoms. The number of anilines is 6. The van der Waals surface area contributed by atoms with Crippen LogP contribution in [-0.4, -0.2) is 19.1 Å². The second-order valence-electron chi connectivity index (χ2n) is 15.8. The zero-order valence-corrected chi connectivity index (χ0v) is 36.8. The van der Waals surface area contributed by atoms with E-state index in [4.69, 9.17) is 0 Å². The molecule has 0 spiro atoms. The van der Waals surface area contributed by atoms with Crippen LogP contribution in [0.25, 0.3) is 54.8 Å². The van der Waals surface area contributed by atoms with Crippen molar-refractivity contribution in [1.29, 1.82) is 0 Å².